The minimum atomic E-state index is -0.988. The van der Waals surface area contributed by atoms with Crippen LogP contribution in [0.5, 0.6) is 0 Å². The maximum absolute atomic E-state index is 11.6. The molecule has 0 saturated carbocycles. The fraction of sp³-hybridized carbons (Fsp3) is 0.250. The Balaban J connectivity index is 1.72. The first-order chi connectivity index (χ1) is 13.7. The lowest BCUT2D eigenvalue weighted by atomic mass is 10.0. The summed E-state index contributed by atoms with van der Waals surface area (Å²) >= 11 is 0. The zero-order chi connectivity index (χ0) is 19.8. The van der Waals surface area contributed by atoms with Gasteiger partial charge in [-0.2, -0.15) is 0 Å². The number of carbonyl (C=O) groups is 1. The van der Waals surface area contributed by atoms with E-state index in [-0.39, 0.29) is 5.71 Å². The molecular weight excluding hydrogens is 348 g/mol. The molecule has 2 N–H and O–H groups in total. The summed E-state index contributed by atoms with van der Waals surface area (Å²) in [4.78, 5) is 19.1. The highest BCUT2D eigenvalue weighted by Gasteiger charge is 2.13. The highest BCUT2D eigenvalue weighted by Crippen LogP contribution is 2.21. The molecule has 0 aliphatic carbocycles. The van der Waals surface area contributed by atoms with Gasteiger partial charge in [0.1, 0.15) is 5.71 Å². The zero-order valence-corrected chi connectivity index (χ0v) is 16.2. The normalized spacial score (nSPS) is 12.1. The predicted octanol–water partition coefficient (Wildman–Crippen LogP) is 5.34. The summed E-state index contributed by atoms with van der Waals surface area (Å²) in [5.41, 5.74) is 4.61. The van der Waals surface area contributed by atoms with Crippen molar-refractivity contribution in [2.45, 2.75) is 39.0 Å². The molecule has 1 heterocycles. The third-order valence-corrected chi connectivity index (χ3v) is 4.79. The van der Waals surface area contributed by atoms with Crippen molar-refractivity contribution in [3.63, 3.8) is 0 Å². The third-order valence-electron chi connectivity index (χ3n) is 4.79. The van der Waals surface area contributed by atoms with Crippen molar-refractivity contribution in [3.05, 3.63) is 83.7 Å². The Morgan fingerprint density at radius 1 is 1.14 bits per heavy atom. The number of nitrogens with one attached hydrogen (secondary N) is 1. The van der Waals surface area contributed by atoms with Crippen LogP contribution >= 0.6 is 0 Å². The van der Waals surface area contributed by atoms with Crippen LogP contribution in [-0.4, -0.2) is 21.8 Å². The maximum atomic E-state index is 11.6. The van der Waals surface area contributed by atoms with Gasteiger partial charge in [0.2, 0.25) is 0 Å². The van der Waals surface area contributed by atoms with E-state index in [0.717, 1.165) is 29.3 Å². The molecule has 1 aromatic heterocycles. The first kappa shape index (κ1) is 19.6. The van der Waals surface area contributed by atoms with Crippen LogP contribution < -0.4 is 0 Å². The van der Waals surface area contributed by atoms with Gasteiger partial charge in [0.05, 0.1) is 0 Å². The first-order valence-electron chi connectivity index (χ1n) is 9.75. The van der Waals surface area contributed by atoms with Crippen LogP contribution in [0, 0.1) is 0 Å². The molecule has 0 aliphatic heterocycles. The van der Waals surface area contributed by atoms with Crippen molar-refractivity contribution >= 4 is 22.6 Å². The fourth-order valence-electron chi connectivity index (χ4n) is 3.22. The summed E-state index contributed by atoms with van der Waals surface area (Å²) in [6, 6.07) is 16.4. The van der Waals surface area contributed by atoms with E-state index >= 15 is 0 Å². The minimum absolute atomic E-state index is 0.139. The van der Waals surface area contributed by atoms with Crippen LogP contribution in [0.25, 0.3) is 10.9 Å². The molecule has 2 aromatic carbocycles. The molecule has 0 atom stereocenters. The van der Waals surface area contributed by atoms with Gasteiger partial charge in [-0.15, -0.1) is 0 Å². The van der Waals surface area contributed by atoms with E-state index < -0.39 is 5.97 Å². The second kappa shape index (κ2) is 9.70. The Morgan fingerprint density at radius 2 is 1.96 bits per heavy atom. The van der Waals surface area contributed by atoms with E-state index in [0.29, 0.717) is 6.42 Å². The van der Waals surface area contributed by atoms with Crippen molar-refractivity contribution in [2.24, 2.45) is 4.99 Å². The number of carboxylic acid groups (broad SMARTS) is 1. The highest BCUT2D eigenvalue weighted by atomic mass is 16.4. The molecule has 0 unspecified atom stereocenters. The van der Waals surface area contributed by atoms with Gasteiger partial charge < -0.3 is 10.1 Å². The van der Waals surface area contributed by atoms with Crippen LogP contribution in [-0.2, 0) is 24.1 Å². The Labute approximate surface area is 165 Å². The number of unbranched alkanes of at least 4 members (excludes halogenated alkanes) is 1. The van der Waals surface area contributed by atoms with Crippen LogP contribution in [0.4, 0.5) is 0 Å². The molecule has 4 heteroatoms. The quantitative estimate of drug-likeness (QED) is 0.497. The zero-order valence-electron chi connectivity index (χ0n) is 16.2. The number of nitrogens with zero attached hydrogens (tertiary/aromatic N) is 1. The van der Waals surface area contributed by atoms with Gasteiger partial charge in [0.15, 0.2) is 0 Å². The molecule has 144 valence electrons. The molecule has 3 rings (SSSR count). The second-order valence-corrected chi connectivity index (χ2v) is 6.93. The van der Waals surface area contributed by atoms with Crippen LogP contribution in [0.3, 0.4) is 0 Å². The molecule has 0 fully saturated rings. The number of aromatic nitrogens is 1. The Bertz CT molecular complexity index is 984. The second-order valence-electron chi connectivity index (χ2n) is 6.93. The molecular formula is C24H26N2O2. The molecule has 0 aliphatic rings. The average molecular weight is 374 g/mol. The number of benzene rings is 2. The number of aliphatic carboxylic acids is 1. The van der Waals surface area contributed by atoms with Crippen molar-refractivity contribution < 1.29 is 9.90 Å². The topological polar surface area (TPSA) is 65.4 Å². The number of hydrogen-bond donors (Lipinski definition) is 2. The van der Waals surface area contributed by atoms with E-state index in [9.17, 15) is 9.90 Å². The van der Waals surface area contributed by atoms with Gasteiger partial charge in [0, 0.05) is 29.7 Å². The molecule has 0 amide bonds. The summed E-state index contributed by atoms with van der Waals surface area (Å²) in [7, 11) is 0. The summed E-state index contributed by atoms with van der Waals surface area (Å²) in [5.74, 6) is -0.988. The van der Waals surface area contributed by atoms with Gasteiger partial charge in [-0.1, -0.05) is 61.9 Å². The number of hydrogen-bond acceptors (Lipinski definition) is 2. The lowest BCUT2D eigenvalue weighted by Crippen LogP contribution is -2.15. The maximum Gasteiger partial charge on any atom is 0.350 e. The van der Waals surface area contributed by atoms with E-state index in [1.807, 2.05) is 42.6 Å². The molecule has 0 radical (unpaired) electrons. The van der Waals surface area contributed by atoms with Crippen LogP contribution in [0.15, 0.2) is 72.0 Å². The Kier molecular flexibility index (Phi) is 6.79. The molecule has 0 spiro atoms. The highest BCUT2D eigenvalue weighted by molar-refractivity contribution is 6.36. The molecule has 28 heavy (non-hydrogen) atoms. The molecule has 4 nitrogen and oxygen atoms in total. The third kappa shape index (κ3) is 5.19. The molecule has 0 bridgehead atoms. The Hall–Kier alpha value is -3.14. The number of aryl methyl sites for hydroxylation is 1. The average Bonchev–Trinajstić information content (AvgIpc) is 3.11. The van der Waals surface area contributed by atoms with Crippen LogP contribution in [0.2, 0.25) is 0 Å². The van der Waals surface area contributed by atoms with Gasteiger partial charge in [-0.25, -0.2) is 4.79 Å². The Morgan fingerprint density at radius 3 is 2.71 bits per heavy atom. The van der Waals surface area contributed by atoms with Crippen molar-refractivity contribution in [1.29, 1.82) is 0 Å². The molecule has 0 saturated heterocycles. The van der Waals surface area contributed by atoms with Crippen molar-refractivity contribution in [1.82, 2.24) is 4.98 Å². The van der Waals surface area contributed by atoms with Gasteiger partial charge in [-0.3, -0.25) is 4.99 Å². The summed E-state index contributed by atoms with van der Waals surface area (Å²) in [6.07, 6.45) is 9.79. The summed E-state index contributed by atoms with van der Waals surface area (Å²) in [6.45, 7) is 2.19. The largest absolute Gasteiger partial charge is 0.477 e. The van der Waals surface area contributed by atoms with E-state index in [2.05, 4.69) is 35.1 Å². The fourth-order valence-corrected chi connectivity index (χ4v) is 3.22. The van der Waals surface area contributed by atoms with E-state index in [1.165, 1.54) is 24.0 Å². The van der Waals surface area contributed by atoms with E-state index in [4.69, 9.17) is 0 Å². The standard InChI is InChI=1S/C24H26N2O2/c1-2-3-8-19-12-13-21-20(17-26-22(21)15-19)16-23(24(27)28)25-14-7-11-18-9-5-4-6-10-18/h4-7,9-10,12-15,17,26H,2-3,8,11,16H2,1H3,(H,27,28). The van der Waals surface area contributed by atoms with Gasteiger partial charge >= 0.3 is 5.97 Å². The lowest BCUT2D eigenvalue weighted by Gasteiger charge is -2.02. The van der Waals surface area contributed by atoms with Gasteiger partial charge in [0.25, 0.3) is 0 Å². The van der Waals surface area contributed by atoms with Crippen LogP contribution in [0.1, 0.15) is 36.5 Å². The lowest BCUT2D eigenvalue weighted by molar-refractivity contribution is -0.129. The smallest absolute Gasteiger partial charge is 0.350 e. The number of allylic oxidation sites excluding steroid dienone is 1. The number of fused-ring (bicyclic) bond motifs is 1. The van der Waals surface area contributed by atoms with E-state index in [1.54, 1.807) is 6.20 Å². The number of carboxylic acids is 1. The van der Waals surface area contributed by atoms with Crippen molar-refractivity contribution in [3.8, 4) is 0 Å². The number of H-pyrrole nitrogens is 1. The molecule has 3 aromatic rings. The summed E-state index contributed by atoms with van der Waals surface area (Å²) in [5, 5.41) is 10.6. The number of rotatable bonds is 9. The minimum Gasteiger partial charge on any atom is -0.477 e. The monoisotopic (exact) mass is 374 g/mol. The predicted molar refractivity (Wildman–Crippen MR) is 115 cm³/mol. The summed E-state index contributed by atoms with van der Waals surface area (Å²) < 4.78 is 0. The van der Waals surface area contributed by atoms with Gasteiger partial charge in [-0.05, 0) is 42.0 Å². The first-order valence-corrected chi connectivity index (χ1v) is 9.75. The SMILES string of the molecule is CCCCc1ccc2c(CC(=NC=CCc3ccccc3)C(=O)O)c[nH]c2c1. The van der Waals surface area contributed by atoms with Crippen molar-refractivity contribution in [2.75, 3.05) is 0 Å². The number of aromatic amines is 1. The number of aliphatic imine (C=N–C) groups is 1.